The highest BCUT2D eigenvalue weighted by atomic mass is 35.5. The van der Waals surface area contributed by atoms with Gasteiger partial charge in [0, 0.05) is 24.0 Å². The number of halogens is 1. The molecule has 2 aromatic heterocycles. The standard InChI is InChI=1S/C22H26ClN7OS/c1-3-30-9-5-7-15(30)11-24-18-10-19(26-13-25-18)28-22-27-17(12-32-22)21(31)29-20-14(2)6-4-8-16(20)23/h4,6,8,10,12-13,15H,3,5,7,9,11H2,1-2H3,(H,29,31)(H2,24,25,26,27,28). The fourth-order valence-corrected chi connectivity index (χ4v) is 4.77. The van der Waals surface area contributed by atoms with E-state index in [4.69, 9.17) is 11.6 Å². The summed E-state index contributed by atoms with van der Waals surface area (Å²) in [4.78, 5) is 28.1. The summed E-state index contributed by atoms with van der Waals surface area (Å²) in [5.74, 6) is 1.06. The van der Waals surface area contributed by atoms with Gasteiger partial charge in [0.15, 0.2) is 5.13 Å². The van der Waals surface area contributed by atoms with Crippen LogP contribution in [0, 0.1) is 6.92 Å². The molecule has 1 saturated heterocycles. The number of para-hydroxylation sites is 1. The summed E-state index contributed by atoms with van der Waals surface area (Å²) in [5.41, 5.74) is 1.79. The molecule has 0 saturated carbocycles. The maximum Gasteiger partial charge on any atom is 0.275 e. The highest BCUT2D eigenvalue weighted by Gasteiger charge is 2.22. The molecule has 1 aliphatic heterocycles. The molecule has 1 fully saturated rings. The van der Waals surface area contributed by atoms with Crippen LogP contribution in [0.4, 0.5) is 22.5 Å². The molecule has 32 heavy (non-hydrogen) atoms. The molecule has 0 aliphatic carbocycles. The fraction of sp³-hybridized carbons (Fsp3) is 0.364. The summed E-state index contributed by atoms with van der Waals surface area (Å²) in [5, 5.41) is 12.2. The number of amides is 1. The minimum atomic E-state index is -0.312. The summed E-state index contributed by atoms with van der Waals surface area (Å²) < 4.78 is 0. The second-order valence-corrected chi connectivity index (χ2v) is 8.91. The van der Waals surface area contributed by atoms with Crippen LogP contribution in [0.2, 0.25) is 5.02 Å². The normalized spacial score (nSPS) is 16.2. The summed E-state index contributed by atoms with van der Waals surface area (Å²) in [6.45, 7) is 7.17. The zero-order valence-electron chi connectivity index (χ0n) is 18.1. The predicted molar refractivity (Wildman–Crippen MR) is 130 cm³/mol. The third-order valence-electron chi connectivity index (χ3n) is 5.52. The monoisotopic (exact) mass is 471 g/mol. The Morgan fingerprint density at radius 2 is 2.16 bits per heavy atom. The zero-order chi connectivity index (χ0) is 22.5. The molecule has 168 valence electrons. The van der Waals surface area contributed by atoms with Crippen molar-refractivity contribution in [2.24, 2.45) is 0 Å². The van der Waals surface area contributed by atoms with E-state index in [-0.39, 0.29) is 5.91 Å². The number of nitrogens with one attached hydrogen (secondary N) is 3. The second kappa shape index (κ2) is 10.2. The number of likely N-dealkylation sites (N-methyl/N-ethyl adjacent to an activating group) is 1. The van der Waals surface area contributed by atoms with Crippen molar-refractivity contribution in [3.63, 3.8) is 0 Å². The lowest BCUT2D eigenvalue weighted by Crippen LogP contribution is -2.34. The Labute approximate surface area is 196 Å². The van der Waals surface area contributed by atoms with Crippen molar-refractivity contribution in [1.82, 2.24) is 19.9 Å². The molecule has 0 bridgehead atoms. The van der Waals surface area contributed by atoms with E-state index >= 15 is 0 Å². The van der Waals surface area contributed by atoms with Crippen molar-refractivity contribution in [2.75, 3.05) is 35.6 Å². The van der Waals surface area contributed by atoms with Gasteiger partial charge in [0.2, 0.25) is 0 Å². The van der Waals surface area contributed by atoms with Gasteiger partial charge in [0.05, 0.1) is 10.7 Å². The van der Waals surface area contributed by atoms with Crippen LogP contribution in [-0.4, -0.2) is 51.4 Å². The number of hydrogen-bond acceptors (Lipinski definition) is 8. The molecule has 0 spiro atoms. The van der Waals surface area contributed by atoms with Gasteiger partial charge in [0.1, 0.15) is 23.7 Å². The molecule has 1 aromatic carbocycles. The van der Waals surface area contributed by atoms with Crippen LogP contribution in [-0.2, 0) is 0 Å². The lowest BCUT2D eigenvalue weighted by Gasteiger charge is -2.23. The van der Waals surface area contributed by atoms with Gasteiger partial charge in [-0.3, -0.25) is 9.69 Å². The maximum atomic E-state index is 12.6. The Hall–Kier alpha value is -2.75. The number of thiazole rings is 1. The molecule has 3 heterocycles. The molecule has 8 nitrogen and oxygen atoms in total. The lowest BCUT2D eigenvalue weighted by molar-refractivity contribution is 0.102. The molecule has 0 radical (unpaired) electrons. The van der Waals surface area contributed by atoms with Crippen LogP contribution in [0.15, 0.2) is 36.0 Å². The van der Waals surface area contributed by atoms with Crippen LogP contribution in [0.5, 0.6) is 0 Å². The van der Waals surface area contributed by atoms with Gasteiger partial charge in [-0.1, -0.05) is 30.7 Å². The van der Waals surface area contributed by atoms with E-state index in [1.165, 1.54) is 30.5 Å². The first-order valence-electron chi connectivity index (χ1n) is 10.6. The second-order valence-electron chi connectivity index (χ2n) is 7.64. The molecule has 1 atom stereocenters. The topological polar surface area (TPSA) is 95.1 Å². The van der Waals surface area contributed by atoms with Crippen molar-refractivity contribution < 1.29 is 4.79 Å². The van der Waals surface area contributed by atoms with Crippen LogP contribution in [0.1, 0.15) is 35.8 Å². The van der Waals surface area contributed by atoms with Gasteiger partial charge in [-0.2, -0.15) is 0 Å². The summed E-state index contributed by atoms with van der Waals surface area (Å²) in [6, 6.07) is 7.86. The minimum Gasteiger partial charge on any atom is -0.368 e. The van der Waals surface area contributed by atoms with Crippen LogP contribution >= 0.6 is 22.9 Å². The average Bonchev–Trinajstić information content (AvgIpc) is 3.44. The number of carbonyl (C=O) groups is 1. The maximum absolute atomic E-state index is 12.6. The number of nitrogens with zero attached hydrogens (tertiary/aromatic N) is 4. The van der Waals surface area contributed by atoms with E-state index in [9.17, 15) is 4.79 Å². The van der Waals surface area contributed by atoms with Crippen molar-refractivity contribution >= 4 is 51.3 Å². The largest absolute Gasteiger partial charge is 0.368 e. The highest BCUT2D eigenvalue weighted by Crippen LogP contribution is 2.27. The molecule has 10 heteroatoms. The van der Waals surface area contributed by atoms with Crippen molar-refractivity contribution in [1.29, 1.82) is 0 Å². The van der Waals surface area contributed by atoms with E-state index < -0.39 is 0 Å². The minimum absolute atomic E-state index is 0.310. The summed E-state index contributed by atoms with van der Waals surface area (Å²) in [7, 11) is 0. The summed E-state index contributed by atoms with van der Waals surface area (Å²) in [6.07, 6.45) is 3.96. The average molecular weight is 472 g/mol. The van der Waals surface area contributed by atoms with Gasteiger partial charge < -0.3 is 16.0 Å². The van der Waals surface area contributed by atoms with E-state index in [1.54, 1.807) is 11.4 Å². The molecule has 3 N–H and O–H groups in total. The van der Waals surface area contributed by atoms with Crippen LogP contribution < -0.4 is 16.0 Å². The first-order valence-corrected chi connectivity index (χ1v) is 11.9. The smallest absolute Gasteiger partial charge is 0.275 e. The fourth-order valence-electron chi connectivity index (χ4n) is 3.80. The Balaban J connectivity index is 1.37. The molecular formula is C22H26ClN7OS. The quantitative estimate of drug-likeness (QED) is 0.434. The van der Waals surface area contributed by atoms with Crippen molar-refractivity contribution in [3.8, 4) is 0 Å². The van der Waals surface area contributed by atoms with Crippen molar-refractivity contribution in [2.45, 2.75) is 32.7 Å². The molecule has 1 amide bonds. The van der Waals surface area contributed by atoms with E-state index in [1.807, 2.05) is 25.1 Å². The lowest BCUT2D eigenvalue weighted by atomic mass is 10.2. The zero-order valence-corrected chi connectivity index (χ0v) is 19.6. The van der Waals surface area contributed by atoms with E-state index in [2.05, 4.69) is 42.7 Å². The van der Waals surface area contributed by atoms with Crippen LogP contribution in [0.3, 0.4) is 0 Å². The van der Waals surface area contributed by atoms with Gasteiger partial charge in [-0.15, -0.1) is 11.3 Å². The predicted octanol–water partition coefficient (Wildman–Crippen LogP) is 4.79. The molecule has 1 unspecified atom stereocenters. The number of anilines is 4. The number of hydrogen-bond donors (Lipinski definition) is 3. The Bertz CT molecular complexity index is 1070. The Kier molecular flexibility index (Phi) is 7.19. The highest BCUT2D eigenvalue weighted by molar-refractivity contribution is 7.14. The molecular weight excluding hydrogens is 446 g/mol. The number of rotatable bonds is 8. The number of aryl methyl sites for hydroxylation is 1. The van der Waals surface area contributed by atoms with Gasteiger partial charge in [0.25, 0.3) is 5.91 Å². The Morgan fingerprint density at radius 3 is 2.97 bits per heavy atom. The van der Waals surface area contributed by atoms with Crippen molar-refractivity contribution in [3.05, 3.63) is 52.3 Å². The van der Waals surface area contributed by atoms with Gasteiger partial charge in [-0.25, -0.2) is 15.0 Å². The van der Waals surface area contributed by atoms with Gasteiger partial charge >= 0.3 is 0 Å². The number of aromatic nitrogens is 3. The van der Waals surface area contributed by atoms with Crippen LogP contribution in [0.25, 0.3) is 0 Å². The first kappa shape index (κ1) is 22.4. The molecule has 1 aliphatic rings. The number of carbonyl (C=O) groups excluding carboxylic acids is 1. The summed E-state index contributed by atoms with van der Waals surface area (Å²) >= 11 is 7.54. The van der Waals surface area contributed by atoms with Gasteiger partial charge in [-0.05, 0) is 44.5 Å². The number of benzene rings is 1. The van der Waals surface area contributed by atoms with E-state index in [0.29, 0.717) is 33.4 Å². The first-order chi connectivity index (χ1) is 15.5. The van der Waals surface area contributed by atoms with E-state index in [0.717, 1.165) is 31.0 Å². The molecule has 3 aromatic rings. The third-order valence-corrected chi connectivity index (χ3v) is 6.60. The number of likely N-dealkylation sites (tertiary alicyclic amines) is 1. The molecule has 4 rings (SSSR count). The third kappa shape index (κ3) is 5.35. The SMILES string of the molecule is CCN1CCCC1CNc1cc(Nc2nc(C(=O)Nc3c(C)cccc3Cl)cs2)ncn1. The Morgan fingerprint density at radius 1 is 1.31 bits per heavy atom.